The Balaban J connectivity index is 1.71. The minimum Gasteiger partial charge on any atom is -0.355 e. The van der Waals surface area contributed by atoms with Crippen molar-refractivity contribution in [3.63, 3.8) is 0 Å². The van der Waals surface area contributed by atoms with Crippen molar-refractivity contribution in [1.82, 2.24) is 14.8 Å². The number of carbonyl (C=O) groups excluding carboxylic acids is 1. The van der Waals surface area contributed by atoms with Gasteiger partial charge in [-0.25, -0.2) is 4.68 Å². The molecule has 1 fully saturated rings. The highest BCUT2D eigenvalue weighted by molar-refractivity contribution is 5.80. The molecular formula is C19H21F3N4O2. The third-order valence-electron chi connectivity index (χ3n) is 4.62. The van der Waals surface area contributed by atoms with Gasteiger partial charge in [0.25, 0.3) is 5.56 Å². The number of Topliss-reactive ketones (excluding diaryl/α,β-unsaturated/α-hetero) is 1. The second kappa shape index (κ2) is 8.53. The molecule has 28 heavy (non-hydrogen) atoms. The van der Waals surface area contributed by atoms with Crippen molar-refractivity contribution in [2.75, 3.05) is 18.0 Å². The third-order valence-corrected chi connectivity index (χ3v) is 4.62. The molecule has 0 spiro atoms. The summed E-state index contributed by atoms with van der Waals surface area (Å²) in [5, 5.41) is 4.29. The zero-order valence-electron chi connectivity index (χ0n) is 15.3. The fraction of sp³-hybridized carbons (Fsp3) is 0.474. The van der Waals surface area contributed by atoms with Gasteiger partial charge in [-0.05, 0) is 36.6 Å². The Morgan fingerprint density at radius 3 is 2.46 bits per heavy atom. The first kappa shape index (κ1) is 20.0. The molecule has 0 radical (unpaired) electrons. The van der Waals surface area contributed by atoms with Gasteiger partial charge in [0, 0.05) is 31.8 Å². The molecule has 0 amide bonds. The highest BCUT2D eigenvalue weighted by Gasteiger charge is 2.32. The molecule has 0 saturated carbocycles. The molecule has 9 heteroatoms. The van der Waals surface area contributed by atoms with Crippen molar-refractivity contribution in [3.05, 3.63) is 52.1 Å². The fourth-order valence-corrected chi connectivity index (χ4v) is 3.21. The van der Waals surface area contributed by atoms with Crippen LogP contribution in [0.15, 0.2) is 35.3 Å². The van der Waals surface area contributed by atoms with E-state index in [1.54, 1.807) is 6.07 Å². The van der Waals surface area contributed by atoms with Gasteiger partial charge in [-0.3, -0.25) is 14.6 Å². The van der Waals surface area contributed by atoms with Crippen molar-refractivity contribution in [2.45, 2.75) is 44.8 Å². The molecule has 3 rings (SSSR count). The van der Waals surface area contributed by atoms with Gasteiger partial charge in [0.15, 0.2) is 5.78 Å². The van der Waals surface area contributed by atoms with Gasteiger partial charge in [0.1, 0.15) is 18.1 Å². The van der Waals surface area contributed by atoms with Crippen LogP contribution in [0.2, 0.25) is 0 Å². The third kappa shape index (κ3) is 5.17. The number of alkyl halides is 3. The van der Waals surface area contributed by atoms with E-state index in [9.17, 15) is 22.8 Å². The summed E-state index contributed by atoms with van der Waals surface area (Å²) in [6, 6.07) is 5.22. The predicted molar refractivity (Wildman–Crippen MR) is 97.1 cm³/mol. The summed E-state index contributed by atoms with van der Waals surface area (Å²) in [6.45, 7) is 1.40. The van der Waals surface area contributed by atoms with Gasteiger partial charge < -0.3 is 4.90 Å². The lowest BCUT2D eigenvalue weighted by atomic mass is 10.1. The van der Waals surface area contributed by atoms with Gasteiger partial charge in [-0.15, -0.1) is 0 Å². The van der Waals surface area contributed by atoms with E-state index in [1.807, 2.05) is 0 Å². The maximum absolute atomic E-state index is 12.7. The van der Waals surface area contributed by atoms with Crippen LogP contribution >= 0.6 is 0 Å². The Kier molecular flexibility index (Phi) is 6.11. The van der Waals surface area contributed by atoms with E-state index < -0.39 is 23.2 Å². The number of anilines is 1. The first-order chi connectivity index (χ1) is 13.3. The molecule has 0 atom stereocenters. The number of hydrogen-bond donors (Lipinski definition) is 0. The van der Waals surface area contributed by atoms with E-state index in [2.05, 4.69) is 15.0 Å². The Hall–Kier alpha value is -2.71. The average Bonchev–Trinajstić information content (AvgIpc) is 2.92. The van der Waals surface area contributed by atoms with E-state index in [-0.39, 0.29) is 18.5 Å². The summed E-state index contributed by atoms with van der Waals surface area (Å²) < 4.78 is 39.3. The maximum Gasteiger partial charge on any atom is 0.433 e. The van der Waals surface area contributed by atoms with E-state index in [1.165, 1.54) is 12.1 Å². The van der Waals surface area contributed by atoms with Crippen LogP contribution in [0.3, 0.4) is 0 Å². The largest absolute Gasteiger partial charge is 0.433 e. The van der Waals surface area contributed by atoms with Crippen LogP contribution in [0.25, 0.3) is 0 Å². The summed E-state index contributed by atoms with van der Waals surface area (Å²) in [5.41, 5.74) is -1.27. The molecule has 1 aliphatic rings. The number of rotatable bonds is 5. The molecular weight excluding hydrogens is 373 g/mol. The van der Waals surface area contributed by atoms with Crippen molar-refractivity contribution in [2.24, 2.45) is 0 Å². The van der Waals surface area contributed by atoms with E-state index in [0.29, 0.717) is 5.82 Å². The number of carbonyl (C=O) groups is 1. The normalized spacial score (nSPS) is 15.3. The average molecular weight is 394 g/mol. The highest BCUT2D eigenvalue weighted by Crippen LogP contribution is 2.27. The zero-order valence-corrected chi connectivity index (χ0v) is 15.3. The van der Waals surface area contributed by atoms with Gasteiger partial charge >= 0.3 is 6.18 Å². The van der Waals surface area contributed by atoms with Crippen molar-refractivity contribution >= 4 is 11.6 Å². The van der Waals surface area contributed by atoms with Gasteiger partial charge in [0.2, 0.25) is 0 Å². The Bertz CT molecular complexity index is 887. The molecule has 0 unspecified atom stereocenters. The zero-order chi connectivity index (χ0) is 20.1. The lowest BCUT2D eigenvalue weighted by Gasteiger charge is -2.21. The Morgan fingerprint density at radius 1 is 1.07 bits per heavy atom. The standard InChI is InChI=1S/C19H21F3N4O2/c20-19(21,22)16-12-14(7-8-23-16)11-15(27)13-26-18(28)6-5-17(24-26)25-9-3-1-2-4-10-25/h5-8,12H,1-4,9-11,13H2. The number of ketones is 1. The van der Waals surface area contributed by atoms with Crippen LogP contribution in [0.4, 0.5) is 19.0 Å². The number of pyridine rings is 1. The molecule has 0 bridgehead atoms. The van der Waals surface area contributed by atoms with Gasteiger partial charge in [0.05, 0.1) is 0 Å². The molecule has 3 heterocycles. The Labute approximate surface area is 160 Å². The number of aromatic nitrogens is 3. The molecule has 1 saturated heterocycles. The molecule has 2 aromatic rings. The van der Waals surface area contributed by atoms with Crippen molar-refractivity contribution in [1.29, 1.82) is 0 Å². The number of hydrogen-bond acceptors (Lipinski definition) is 5. The van der Waals surface area contributed by atoms with Crippen molar-refractivity contribution in [3.8, 4) is 0 Å². The van der Waals surface area contributed by atoms with E-state index >= 15 is 0 Å². The lowest BCUT2D eigenvalue weighted by molar-refractivity contribution is -0.141. The molecule has 6 nitrogen and oxygen atoms in total. The highest BCUT2D eigenvalue weighted by atomic mass is 19.4. The monoisotopic (exact) mass is 394 g/mol. The minimum atomic E-state index is -4.57. The molecule has 2 aromatic heterocycles. The molecule has 1 aliphatic heterocycles. The first-order valence-corrected chi connectivity index (χ1v) is 9.20. The molecule has 150 valence electrons. The smallest absolute Gasteiger partial charge is 0.355 e. The topological polar surface area (TPSA) is 68.1 Å². The summed E-state index contributed by atoms with van der Waals surface area (Å²) in [6.07, 6.45) is 0.621. The van der Waals surface area contributed by atoms with Crippen molar-refractivity contribution < 1.29 is 18.0 Å². The van der Waals surface area contributed by atoms with Gasteiger partial charge in [-0.2, -0.15) is 18.3 Å². The van der Waals surface area contributed by atoms with Crippen LogP contribution in [0, 0.1) is 0 Å². The summed E-state index contributed by atoms with van der Waals surface area (Å²) >= 11 is 0. The summed E-state index contributed by atoms with van der Waals surface area (Å²) in [7, 11) is 0. The molecule has 0 aromatic carbocycles. The summed E-state index contributed by atoms with van der Waals surface area (Å²) in [5.74, 6) is 0.236. The Morgan fingerprint density at radius 2 is 1.79 bits per heavy atom. The molecule has 0 aliphatic carbocycles. The molecule has 0 N–H and O–H groups in total. The number of halogens is 3. The number of nitrogens with zero attached hydrogens (tertiary/aromatic N) is 4. The first-order valence-electron chi connectivity index (χ1n) is 9.20. The van der Waals surface area contributed by atoms with Crippen LogP contribution in [-0.2, 0) is 23.9 Å². The SMILES string of the molecule is O=C(Cc1ccnc(C(F)(F)F)c1)Cn1nc(N2CCCCCC2)ccc1=O. The van der Waals surface area contributed by atoms with Crippen LogP contribution in [0.1, 0.15) is 36.9 Å². The maximum atomic E-state index is 12.7. The second-order valence-corrected chi connectivity index (χ2v) is 6.85. The minimum absolute atomic E-state index is 0.198. The van der Waals surface area contributed by atoms with E-state index in [4.69, 9.17) is 0 Å². The fourth-order valence-electron chi connectivity index (χ4n) is 3.21. The van der Waals surface area contributed by atoms with Gasteiger partial charge in [-0.1, -0.05) is 12.8 Å². The van der Waals surface area contributed by atoms with E-state index in [0.717, 1.165) is 55.7 Å². The van der Waals surface area contributed by atoms with Crippen LogP contribution in [0.5, 0.6) is 0 Å². The van der Waals surface area contributed by atoms with Crippen LogP contribution < -0.4 is 10.5 Å². The quantitative estimate of drug-likeness (QED) is 0.780. The lowest BCUT2D eigenvalue weighted by Crippen LogP contribution is -2.31. The van der Waals surface area contributed by atoms with Crippen LogP contribution in [-0.4, -0.2) is 33.6 Å². The second-order valence-electron chi connectivity index (χ2n) is 6.85. The predicted octanol–water partition coefficient (Wildman–Crippen LogP) is 2.85. The summed E-state index contributed by atoms with van der Waals surface area (Å²) in [4.78, 5) is 29.8.